The summed E-state index contributed by atoms with van der Waals surface area (Å²) in [5, 5.41) is 9.14. The predicted octanol–water partition coefficient (Wildman–Crippen LogP) is 1.55. The molecule has 0 aliphatic heterocycles. The molecule has 0 unspecified atom stereocenters. The quantitative estimate of drug-likeness (QED) is 0.646. The molecule has 1 atom stereocenters. The van der Waals surface area contributed by atoms with Gasteiger partial charge < -0.3 is 10.8 Å². The Labute approximate surface area is 64.5 Å². The molecule has 0 heterocycles. The molecule has 11 heavy (non-hydrogen) atoms. The van der Waals surface area contributed by atoms with E-state index in [0.717, 1.165) is 0 Å². The van der Waals surface area contributed by atoms with E-state index in [1.54, 1.807) is 6.92 Å². The van der Waals surface area contributed by atoms with Crippen LogP contribution in [0, 0.1) is 5.82 Å². The van der Waals surface area contributed by atoms with Crippen LogP contribution in [0.1, 0.15) is 18.5 Å². The Balaban J connectivity index is 3.21. The zero-order chi connectivity index (χ0) is 8.43. The van der Waals surface area contributed by atoms with Crippen molar-refractivity contribution >= 4 is 0 Å². The van der Waals surface area contributed by atoms with Crippen LogP contribution in [0.3, 0.4) is 0 Å². The molecule has 0 bridgehead atoms. The number of phenolic OH excluding ortho intramolecular Hbond substituents is 1. The zero-order valence-corrected chi connectivity index (χ0v) is 6.21. The number of aromatic hydroxyl groups is 1. The van der Waals surface area contributed by atoms with Crippen LogP contribution in [-0.4, -0.2) is 5.11 Å². The van der Waals surface area contributed by atoms with E-state index in [-0.39, 0.29) is 11.3 Å². The fraction of sp³-hybridized carbons (Fsp3) is 0.250. The van der Waals surface area contributed by atoms with Gasteiger partial charge in [-0.1, -0.05) is 6.07 Å². The third-order valence-corrected chi connectivity index (χ3v) is 1.49. The third kappa shape index (κ3) is 1.49. The predicted molar refractivity (Wildman–Crippen MR) is 40.7 cm³/mol. The maximum atomic E-state index is 12.9. The van der Waals surface area contributed by atoms with Crippen LogP contribution in [-0.2, 0) is 0 Å². The van der Waals surface area contributed by atoms with Crippen molar-refractivity contribution in [3.8, 4) is 5.75 Å². The van der Waals surface area contributed by atoms with Gasteiger partial charge in [0.05, 0.1) is 0 Å². The van der Waals surface area contributed by atoms with Crippen molar-refractivity contribution in [3.05, 3.63) is 29.6 Å². The molecule has 2 nitrogen and oxygen atoms in total. The lowest BCUT2D eigenvalue weighted by molar-refractivity contribution is 0.452. The normalized spacial score (nSPS) is 13.0. The molecule has 3 heteroatoms. The summed E-state index contributed by atoms with van der Waals surface area (Å²) in [7, 11) is 0. The summed E-state index contributed by atoms with van der Waals surface area (Å²) in [5.41, 5.74) is 5.59. The van der Waals surface area contributed by atoms with Gasteiger partial charge >= 0.3 is 0 Å². The summed E-state index contributed by atoms with van der Waals surface area (Å²) in [6, 6.07) is 3.66. The van der Waals surface area contributed by atoms with Crippen LogP contribution >= 0.6 is 0 Å². The standard InChI is InChI=1S/C8H10FNO/c1-5(10)8-6(9)3-2-4-7(8)11/h2-5,11H,10H2,1H3/t5-/m0/s1. The van der Waals surface area contributed by atoms with Crippen molar-refractivity contribution in [2.75, 3.05) is 0 Å². The van der Waals surface area contributed by atoms with Gasteiger partial charge in [-0.25, -0.2) is 4.39 Å². The van der Waals surface area contributed by atoms with Crippen LogP contribution in [0.2, 0.25) is 0 Å². The highest BCUT2D eigenvalue weighted by atomic mass is 19.1. The fourth-order valence-corrected chi connectivity index (χ4v) is 0.976. The van der Waals surface area contributed by atoms with Crippen molar-refractivity contribution in [1.29, 1.82) is 0 Å². The molecule has 60 valence electrons. The average molecular weight is 155 g/mol. The van der Waals surface area contributed by atoms with Gasteiger partial charge in [-0.05, 0) is 19.1 Å². The molecular formula is C8H10FNO. The fourth-order valence-electron chi connectivity index (χ4n) is 0.976. The summed E-state index contributed by atoms with van der Waals surface area (Å²) in [6.07, 6.45) is 0. The third-order valence-electron chi connectivity index (χ3n) is 1.49. The highest BCUT2D eigenvalue weighted by Crippen LogP contribution is 2.24. The second kappa shape index (κ2) is 2.88. The van der Waals surface area contributed by atoms with E-state index >= 15 is 0 Å². The maximum absolute atomic E-state index is 12.9. The average Bonchev–Trinajstić information content (AvgIpc) is 1.85. The first-order valence-electron chi connectivity index (χ1n) is 3.36. The molecule has 1 aromatic rings. The Morgan fingerprint density at radius 1 is 1.55 bits per heavy atom. The van der Waals surface area contributed by atoms with Crippen molar-refractivity contribution < 1.29 is 9.50 Å². The van der Waals surface area contributed by atoms with E-state index in [9.17, 15) is 4.39 Å². The Morgan fingerprint density at radius 2 is 2.18 bits per heavy atom. The molecule has 3 N–H and O–H groups in total. The first kappa shape index (κ1) is 8.01. The summed E-state index contributed by atoms with van der Waals surface area (Å²) >= 11 is 0. The SMILES string of the molecule is C[C@H](N)c1c(O)cccc1F. The number of benzene rings is 1. The second-order valence-electron chi connectivity index (χ2n) is 2.46. The zero-order valence-electron chi connectivity index (χ0n) is 6.21. The van der Waals surface area contributed by atoms with Crippen LogP contribution in [0.25, 0.3) is 0 Å². The van der Waals surface area contributed by atoms with Gasteiger partial charge in [0, 0.05) is 11.6 Å². The minimum atomic E-state index is -0.476. The Hall–Kier alpha value is -1.09. The van der Waals surface area contributed by atoms with Crippen molar-refractivity contribution in [3.63, 3.8) is 0 Å². The summed E-state index contributed by atoms with van der Waals surface area (Å²) in [4.78, 5) is 0. The van der Waals surface area contributed by atoms with Crippen LogP contribution in [0.4, 0.5) is 4.39 Å². The van der Waals surface area contributed by atoms with E-state index in [2.05, 4.69) is 0 Å². The molecule has 0 fully saturated rings. The Kier molecular flexibility index (Phi) is 2.10. The molecule has 1 aromatic carbocycles. The lowest BCUT2D eigenvalue weighted by atomic mass is 10.1. The number of halogens is 1. The first-order chi connectivity index (χ1) is 5.13. The van der Waals surface area contributed by atoms with Gasteiger partial charge in [-0.15, -0.1) is 0 Å². The summed E-state index contributed by atoms with van der Waals surface area (Å²) in [6.45, 7) is 1.62. The molecule has 0 aliphatic rings. The highest BCUT2D eigenvalue weighted by Gasteiger charge is 2.10. The highest BCUT2D eigenvalue weighted by molar-refractivity contribution is 5.35. The molecule has 0 spiro atoms. The van der Waals surface area contributed by atoms with E-state index in [4.69, 9.17) is 10.8 Å². The molecule has 0 aromatic heterocycles. The number of hydrogen-bond donors (Lipinski definition) is 2. The van der Waals surface area contributed by atoms with Gasteiger partial charge in [-0.2, -0.15) is 0 Å². The van der Waals surface area contributed by atoms with E-state index < -0.39 is 11.9 Å². The molecule has 1 rings (SSSR count). The second-order valence-corrected chi connectivity index (χ2v) is 2.46. The van der Waals surface area contributed by atoms with Gasteiger partial charge in [0.2, 0.25) is 0 Å². The van der Waals surface area contributed by atoms with Gasteiger partial charge in [0.25, 0.3) is 0 Å². The monoisotopic (exact) mass is 155 g/mol. The lowest BCUT2D eigenvalue weighted by Crippen LogP contribution is -2.07. The topological polar surface area (TPSA) is 46.2 Å². The smallest absolute Gasteiger partial charge is 0.131 e. The van der Waals surface area contributed by atoms with Crippen molar-refractivity contribution in [1.82, 2.24) is 0 Å². The molecule has 0 aliphatic carbocycles. The first-order valence-corrected chi connectivity index (χ1v) is 3.36. The van der Waals surface area contributed by atoms with Crippen LogP contribution < -0.4 is 5.73 Å². The molecule has 0 saturated heterocycles. The molecular weight excluding hydrogens is 145 g/mol. The molecule has 0 saturated carbocycles. The summed E-state index contributed by atoms with van der Waals surface area (Å²) in [5.74, 6) is -0.542. The van der Waals surface area contributed by atoms with Crippen molar-refractivity contribution in [2.45, 2.75) is 13.0 Å². The maximum Gasteiger partial charge on any atom is 0.131 e. The number of hydrogen-bond acceptors (Lipinski definition) is 2. The van der Waals surface area contributed by atoms with Gasteiger partial charge in [-0.3, -0.25) is 0 Å². The largest absolute Gasteiger partial charge is 0.508 e. The number of nitrogens with two attached hydrogens (primary N) is 1. The minimum Gasteiger partial charge on any atom is -0.508 e. The Morgan fingerprint density at radius 3 is 2.55 bits per heavy atom. The molecule has 0 amide bonds. The Bertz CT molecular complexity index is 240. The summed E-state index contributed by atoms with van der Waals surface area (Å²) < 4.78 is 12.9. The van der Waals surface area contributed by atoms with Crippen LogP contribution in [0.15, 0.2) is 18.2 Å². The van der Waals surface area contributed by atoms with E-state index in [1.165, 1.54) is 18.2 Å². The lowest BCUT2D eigenvalue weighted by Gasteiger charge is -2.08. The van der Waals surface area contributed by atoms with Gasteiger partial charge in [0.1, 0.15) is 11.6 Å². The minimum absolute atomic E-state index is 0.0833. The van der Waals surface area contributed by atoms with Crippen molar-refractivity contribution in [2.24, 2.45) is 5.73 Å². The van der Waals surface area contributed by atoms with E-state index in [0.29, 0.717) is 0 Å². The molecule has 0 radical (unpaired) electrons. The number of phenols is 1. The van der Waals surface area contributed by atoms with Crippen LogP contribution in [0.5, 0.6) is 5.75 Å². The van der Waals surface area contributed by atoms with Gasteiger partial charge in [0.15, 0.2) is 0 Å². The number of rotatable bonds is 1. The van der Waals surface area contributed by atoms with E-state index in [1.807, 2.05) is 0 Å².